The van der Waals surface area contributed by atoms with Crippen molar-refractivity contribution in [2.45, 2.75) is 19.1 Å². The number of ether oxygens (including phenoxy) is 1. The lowest BCUT2D eigenvalue weighted by Gasteiger charge is -2.10. The van der Waals surface area contributed by atoms with E-state index in [1.807, 2.05) is 0 Å². The zero-order valence-electron chi connectivity index (χ0n) is 12.4. The second-order valence-electron chi connectivity index (χ2n) is 4.82. The summed E-state index contributed by atoms with van der Waals surface area (Å²) >= 11 is 0. The maximum absolute atomic E-state index is 12.6. The number of methoxy groups -OCH3 is 1. The molecular formula is C16H15F3N2O2. The Kier molecular flexibility index (Phi) is 5.20. The van der Waals surface area contributed by atoms with Crippen LogP contribution in [0.3, 0.4) is 0 Å². The van der Waals surface area contributed by atoms with E-state index in [0.29, 0.717) is 17.0 Å². The Morgan fingerprint density at radius 3 is 2.74 bits per heavy atom. The van der Waals surface area contributed by atoms with Crippen LogP contribution in [0.15, 0.2) is 42.6 Å². The topological polar surface area (TPSA) is 51.2 Å². The van der Waals surface area contributed by atoms with E-state index in [1.54, 1.807) is 18.3 Å². The van der Waals surface area contributed by atoms with Gasteiger partial charge in [0, 0.05) is 18.3 Å². The smallest absolute Gasteiger partial charge is 0.416 e. The van der Waals surface area contributed by atoms with Gasteiger partial charge in [0.05, 0.1) is 19.1 Å². The number of halogens is 3. The van der Waals surface area contributed by atoms with Gasteiger partial charge in [-0.25, -0.2) is 4.98 Å². The molecule has 0 atom stereocenters. The van der Waals surface area contributed by atoms with Crippen molar-refractivity contribution in [3.05, 3.63) is 59.3 Å². The molecule has 0 aliphatic rings. The summed E-state index contributed by atoms with van der Waals surface area (Å²) in [5.41, 5.74) is 0.222. The molecule has 0 saturated carbocycles. The molecule has 122 valence electrons. The van der Waals surface area contributed by atoms with Gasteiger partial charge in [-0.1, -0.05) is 24.3 Å². The minimum atomic E-state index is -4.42. The van der Waals surface area contributed by atoms with Crippen molar-refractivity contribution in [3.8, 4) is 5.88 Å². The molecule has 1 aromatic heterocycles. The Morgan fingerprint density at radius 1 is 1.26 bits per heavy atom. The van der Waals surface area contributed by atoms with Gasteiger partial charge >= 0.3 is 6.18 Å². The van der Waals surface area contributed by atoms with Gasteiger partial charge in [-0.15, -0.1) is 0 Å². The number of aromatic nitrogens is 1. The molecule has 0 aliphatic carbocycles. The minimum absolute atomic E-state index is 0.132. The molecule has 0 bridgehead atoms. The van der Waals surface area contributed by atoms with Crippen molar-refractivity contribution >= 4 is 5.91 Å². The average molecular weight is 324 g/mol. The Labute approximate surface area is 131 Å². The molecule has 1 N–H and O–H groups in total. The first-order valence-electron chi connectivity index (χ1n) is 6.81. The fraction of sp³-hybridized carbons (Fsp3) is 0.250. The monoisotopic (exact) mass is 324 g/mol. The Balaban J connectivity index is 1.98. The Bertz CT molecular complexity index is 687. The number of alkyl halides is 3. The van der Waals surface area contributed by atoms with E-state index in [-0.39, 0.29) is 18.9 Å². The number of hydrogen-bond donors (Lipinski definition) is 1. The van der Waals surface area contributed by atoms with Crippen LogP contribution in [0.25, 0.3) is 0 Å². The number of carbonyl (C=O) groups is 1. The van der Waals surface area contributed by atoms with Crippen molar-refractivity contribution in [1.29, 1.82) is 0 Å². The van der Waals surface area contributed by atoms with Gasteiger partial charge in [0.15, 0.2) is 0 Å². The highest BCUT2D eigenvalue weighted by atomic mass is 19.4. The summed E-state index contributed by atoms with van der Waals surface area (Å²) in [7, 11) is 1.47. The number of nitrogens with one attached hydrogen (secondary N) is 1. The molecule has 0 fully saturated rings. The molecule has 1 heterocycles. The van der Waals surface area contributed by atoms with Crippen LogP contribution in [0.4, 0.5) is 13.2 Å². The lowest BCUT2D eigenvalue weighted by atomic mass is 10.1. The van der Waals surface area contributed by atoms with Gasteiger partial charge in [-0.2, -0.15) is 13.2 Å². The highest BCUT2D eigenvalue weighted by Crippen LogP contribution is 2.29. The van der Waals surface area contributed by atoms with Crippen LogP contribution >= 0.6 is 0 Å². The summed E-state index contributed by atoms with van der Waals surface area (Å²) in [6, 6.07) is 8.18. The first-order valence-corrected chi connectivity index (χ1v) is 6.81. The highest BCUT2D eigenvalue weighted by molar-refractivity contribution is 5.78. The van der Waals surface area contributed by atoms with Gasteiger partial charge in [0.25, 0.3) is 0 Å². The molecule has 2 aromatic rings. The van der Waals surface area contributed by atoms with Crippen LogP contribution in [-0.4, -0.2) is 18.0 Å². The Morgan fingerprint density at radius 2 is 2.04 bits per heavy atom. The molecule has 0 spiro atoms. The number of carbonyl (C=O) groups excluding carboxylic acids is 1. The SMILES string of the molecule is COc1ncccc1CNC(=O)Cc1cccc(C(F)(F)F)c1. The molecule has 0 aliphatic heterocycles. The zero-order valence-corrected chi connectivity index (χ0v) is 12.4. The third-order valence-corrected chi connectivity index (χ3v) is 3.14. The van der Waals surface area contributed by atoms with Crippen molar-refractivity contribution < 1.29 is 22.7 Å². The van der Waals surface area contributed by atoms with Crippen molar-refractivity contribution in [1.82, 2.24) is 10.3 Å². The number of rotatable bonds is 5. The average Bonchev–Trinajstić information content (AvgIpc) is 2.52. The lowest BCUT2D eigenvalue weighted by molar-refractivity contribution is -0.137. The van der Waals surface area contributed by atoms with Gasteiger partial charge in [0.2, 0.25) is 11.8 Å². The molecule has 0 radical (unpaired) electrons. The van der Waals surface area contributed by atoms with Crippen LogP contribution < -0.4 is 10.1 Å². The fourth-order valence-electron chi connectivity index (χ4n) is 2.04. The maximum atomic E-state index is 12.6. The predicted octanol–water partition coefficient (Wildman–Crippen LogP) is 2.97. The van der Waals surface area contributed by atoms with E-state index in [9.17, 15) is 18.0 Å². The number of amides is 1. The second-order valence-corrected chi connectivity index (χ2v) is 4.82. The summed E-state index contributed by atoms with van der Waals surface area (Å²) in [5.74, 6) is 0.0158. The summed E-state index contributed by atoms with van der Waals surface area (Å²) < 4.78 is 43.0. The summed E-state index contributed by atoms with van der Waals surface area (Å²) in [6.07, 6.45) is -2.99. The van der Waals surface area contributed by atoms with E-state index < -0.39 is 11.7 Å². The predicted molar refractivity (Wildman–Crippen MR) is 77.8 cm³/mol. The van der Waals surface area contributed by atoms with Gasteiger partial charge < -0.3 is 10.1 Å². The normalized spacial score (nSPS) is 11.1. The standard InChI is InChI=1S/C16H15F3N2O2/c1-23-15-12(5-3-7-20-15)10-21-14(22)9-11-4-2-6-13(8-11)16(17,18)19/h2-8H,9-10H2,1H3,(H,21,22). The number of pyridine rings is 1. The third-order valence-electron chi connectivity index (χ3n) is 3.14. The molecule has 0 saturated heterocycles. The molecule has 0 unspecified atom stereocenters. The molecular weight excluding hydrogens is 309 g/mol. The number of nitrogens with zero attached hydrogens (tertiary/aromatic N) is 1. The molecule has 1 amide bonds. The number of hydrogen-bond acceptors (Lipinski definition) is 3. The minimum Gasteiger partial charge on any atom is -0.481 e. The maximum Gasteiger partial charge on any atom is 0.416 e. The summed E-state index contributed by atoms with van der Waals surface area (Å²) in [5, 5.41) is 2.64. The molecule has 7 heteroatoms. The second kappa shape index (κ2) is 7.13. The number of benzene rings is 1. The van der Waals surface area contributed by atoms with Crippen molar-refractivity contribution in [2.24, 2.45) is 0 Å². The van der Waals surface area contributed by atoms with Crippen LogP contribution in [0.5, 0.6) is 5.88 Å². The third kappa shape index (κ3) is 4.70. The Hall–Kier alpha value is -2.57. The van der Waals surface area contributed by atoms with E-state index in [0.717, 1.165) is 12.1 Å². The first kappa shape index (κ1) is 16.8. The molecule has 4 nitrogen and oxygen atoms in total. The molecule has 23 heavy (non-hydrogen) atoms. The van der Waals surface area contributed by atoms with E-state index in [1.165, 1.54) is 19.2 Å². The van der Waals surface area contributed by atoms with E-state index >= 15 is 0 Å². The molecule has 1 aromatic carbocycles. The quantitative estimate of drug-likeness (QED) is 0.920. The van der Waals surface area contributed by atoms with Crippen LogP contribution in [0.1, 0.15) is 16.7 Å². The van der Waals surface area contributed by atoms with Crippen molar-refractivity contribution in [2.75, 3.05) is 7.11 Å². The lowest BCUT2D eigenvalue weighted by Crippen LogP contribution is -2.25. The van der Waals surface area contributed by atoms with Crippen molar-refractivity contribution in [3.63, 3.8) is 0 Å². The largest absolute Gasteiger partial charge is 0.481 e. The first-order chi connectivity index (χ1) is 10.9. The van der Waals surface area contributed by atoms with Gasteiger partial charge in [-0.3, -0.25) is 4.79 Å². The van der Waals surface area contributed by atoms with E-state index in [2.05, 4.69) is 10.3 Å². The van der Waals surface area contributed by atoms with Gasteiger partial charge in [-0.05, 0) is 17.7 Å². The highest BCUT2D eigenvalue weighted by Gasteiger charge is 2.30. The van der Waals surface area contributed by atoms with E-state index in [4.69, 9.17) is 4.74 Å². The van der Waals surface area contributed by atoms with Crippen LogP contribution in [0, 0.1) is 0 Å². The summed E-state index contributed by atoms with van der Waals surface area (Å²) in [4.78, 5) is 15.9. The molecule has 2 rings (SSSR count). The fourth-order valence-corrected chi connectivity index (χ4v) is 2.04. The van der Waals surface area contributed by atoms with Crippen LogP contribution in [-0.2, 0) is 23.9 Å². The summed E-state index contributed by atoms with van der Waals surface area (Å²) in [6.45, 7) is 0.189. The van der Waals surface area contributed by atoms with Crippen LogP contribution in [0.2, 0.25) is 0 Å². The zero-order chi connectivity index (χ0) is 16.9. The van der Waals surface area contributed by atoms with Gasteiger partial charge in [0.1, 0.15) is 0 Å².